The smallest absolute Gasteiger partial charge is 0.258 e. The van der Waals surface area contributed by atoms with Crippen LogP contribution in [0.3, 0.4) is 0 Å². The lowest BCUT2D eigenvalue weighted by Crippen LogP contribution is -2.46. The quantitative estimate of drug-likeness (QED) is 0.350. The van der Waals surface area contributed by atoms with Crippen LogP contribution >= 0.6 is 12.2 Å². The standard InChI is InChI=1S/C26H20F2N4O2S/c1-15-22(25-30-24(31-34-25)17-9-6-10-19(13-17)33-2)23(16-7-4-3-5-8-16)29-26(35)32(15)18-11-12-20(27)21(28)14-18/h3-14,23H,1-2H3,(H,29,35). The second-order valence-electron chi connectivity index (χ2n) is 7.88. The number of hydrogen-bond acceptors (Lipinski definition) is 5. The summed E-state index contributed by atoms with van der Waals surface area (Å²) in [6.07, 6.45) is 0. The highest BCUT2D eigenvalue weighted by molar-refractivity contribution is 7.80. The van der Waals surface area contributed by atoms with E-state index < -0.39 is 17.7 Å². The molecular formula is C26H20F2N4O2S. The van der Waals surface area contributed by atoms with Gasteiger partial charge < -0.3 is 14.6 Å². The van der Waals surface area contributed by atoms with Crippen LogP contribution in [0.15, 0.2) is 83.0 Å². The molecule has 3 aromatic carbocycles. The number of aromatic nitrogens is 2. The van der Waals surface area contributed by atoms with Gasteiger partial charge in [0.1, 0.15) is 5.75 Å². The van der Waals surface area contributed by atoms with Gasteiger partial charge in [0, 0.05) is 17.3 Å². The Morgan fingerprint density at radius 3 is 2.54 bits per heavy atom. The van der Waals surface area contributed by atoms with Crippen LogP contribution in [0.4, 0.5) is 14.5 Å². The zero-order chi connectivity index (χ0) is 24.5. The highest BCUT2D eigenvalue weighted by atomic mass is 32.1. The number of allylic oxidation sites excluding steroid dienone is 1. The van der Waals surface area contributed by atoms with Gasteiger partial charge in [-0.05, 0) is 49.0 Å². The number of hydrogen-bond donors (Lipinski definition) is 1. The number of rotatable bonds is 5. The van der Waals surface area contributed by atoms with Crippen molar-refractivity contribution in [1.82, 2.24) is 15.5 Å². The summed E-state index contributed by atoms with van der Waals surface area (Å²) in [6.45, 7) is 1.83. The number of benzene rings is 3. The average Bonchev–Trinajstić information content (AvgIpc) is 3.36. The first-order valence-electron chi connectivity index (χ1n) is 10.8. The van der Waals surface area contributed by atoms with Gasteiger partial charge >= 0.3 is 0 Å². The van der Waals surface area contributed by atoms with Gasteiger partial charge in [0.15, 0.2) is 16.7 Å². The molecule has 0 bridgehead atoms. The fraction of sp³-hybridized carbons (Fsp3) is 0.115. The van der Waals surface area contributed by atoms with Crippen LogP contribution in [0, 0.1) is 11.6 Å². The Bertz CT molecular complexity index is 1440. The van der Waals surface area contributed by atoms with E-state index in [-0.39, 0.29) is 5.89 Å². The molecule has 1 atom stereocenters. The molecule has 0 amide bonds. The van der Waals surface area contributed by atoms with Crippen molar-refractivity contribution in [3.8, 4) is 17.1 Å². The second-order valence-corrected chi connectivity index (χ2v) is 8.27. The van der Waals surface area contributed by atoms with E-state index in [0.29, 0.717) is 33.6 Å². The van der Waals surface area contributed by atoms with Crippen molar-refractivity contribution in [2.45, 2.75) is 13.0 Å². The number of ether oxygens (including phenoxy) is 1. The fourth-order valence-corrected chi connectivity index (χ4v) is 4.42. The molecule has 0 fully saturated rings. The minimum absolute atomic E-state index is 0.275. The number of nitrogens with zero attached hydrogens (tertiary/aromatic N) is 3. The van der Waals surface area contributed by atoms with E-state index in [9.17, 15) is 8.78 Å². The van der Waals surface area contributed by atoms with E-state index in [2.05, 4.69) is 15.5 Å². The van der Waals surface area contributed by atoms with Gasteiger partial charge in [-0.3, -0.25) is 4.90 Å². The van der Waals surface area contributed by atoms with Crippen LogP contribution in [-0.4, -0.2) is 22.4 Å². The molecule has 9 heteroatoms. The van der Waals surface area contributed by atoms with Crippen molar-refractivity contribution in [2.75, 3.05) is 12.0 Å². The Morgan fingerprint density at radius 1 is 1.00 bits per heavy atom. The molecule has 1 unspecified atom stereocenters. The van der Waals surface area contributed by atoms with Gasteiger partial charge in [-0.25, -0.2) is 8.78 Å². The molecule has 4 aromatic rings. The first-order valence-corrected chi connectivity index (χ1v) is 11.2. The first-order chi connectivity index (χ1) is 17.0. The lowest BCUT2D eigenvalue weighted by molar-refractivity contribution is 0.403. The topological polar surface area (TPSA) is 63.4 Å². The summed E-state index contributed by atoms with van der Waals surface area (Å²) >= 11 is 5.64. The summed E-state index contributed by atoms with van der Waals surface area (Å²) in [7, 11) is 1.59. The molecule has 1 aliphatic heterocycles. The summed E-state index contributed by atoms with van der Waals surface area (Å²) in [5, 5.41) is 7.81. The molecule has 2 heterocycles. The SMILES string of the molecule is COc1cccc(-c2noc(C3=C(C)N(c4ccc(F)c(F)c4)C(=S)NC3c3ccccc3)n2)c1. The van der Waals surface area contributed by atoms with Crippen molar-refractivity contribution >= 4 is 28.6 Å². The minimum Gasteiger partial charge on any atom is -0.497 e. The maximum absolute atomic E-state index is 14.1. The van der Waals surface area contributed by atoms with Crippen LogP contribution in [0.2, 0.25) is 0 Å². The van der Waals surface area contributed by atoms with E-state index in [1.54, 1.807) is 12.0 Å². The second kappa shape index (κ2) is 9.27. The molecule has 0 saturated carbocycles. The fourth-order valence-electron chi connectivity index (χ4n) is 4.06. The molecule has 0 aliphatic carbocycles. The number of thiocarbonyl (C=S) groups is 1. The van der Waals surface area contributed by atoms with Gasteiger partial charge in [-0.2, -0.15) is 4.98 Å². The monoisotopic (exact) mass is 490 g/mol. The summed E-state index contributed by atoms with van der Waals surface area (Å²) < 4.78 is 38.7. The van der Waals surface area contributed by atoms with Gasteiger partial charge in [-0.1, -0.05) is 47.6 Å². The van der Waals surface area contributed by atoms with Crippen LogP contribution in [0.5, 0.6) is 5.75 Å². The predicted octanol–water partition coefficient (Wildman–Crippen LogP) is 5.89. The van der Waals surface area contributed by atoms with Gasteiger partial charge in [-0.15, -0.1) is 0 Å². The molecule has 5 rings (SSSR count). The van der Waals surface area contributed by atoms with Crippen molar-refractivity contribution in [3.05, 3.63) is 102 Å². The summed E-state index contributed by atoms with van der Waals surface area (Å²) in [5.41, 5.74) is 3.34. The van der Waals surface area contributed by atoms with Crippen LogP contribution < -0.4 is 15.0 Å². The summed E-state index contributed by atoms with van der Waals surface area (Å²) in [6, 6.07) is 20.2. The highest BCUT2D eigenvalue weighted by Crippen LogP contribution is 2.39. The lowest BCUT2D eigenvalue weighted by Gasteiger charge is -2.37. The molecule has 35 heavy (non-hydrogen) atoms. The van der Waals surface area contributed by atoms with Crippen molar-refractivity contribution in [3.63, 3.8) is 0 Å². The van der Waals surface area contributed by atoms with Crippen LogP contribution in [0.25, 0.3) is 17.0 Å². The maximum Gasteiger partial charge on any atom is 0.258 e. The third-order valence-electron chi connectivity index (χ3n) is 5.76. The predicted molar refractivity (Wildman–Crippen MR) is 133 cm³/mol. The van der Waals surface area contributed by atoms with Gasteiger partial charge in [0.05, 0.1) is 24.4 Å². The summed E-state index contributed by atoms with van der Waals surface area (Å²) in [4.78, 5) is 6.28. The number of anilines is 1. The Morgan fingerprint density at radius 2 is 1.80 bits per heavy atom. The largest absolute Gasteiger partial charge is 0.497 e. The maximum atomic E-state index is 14.1. The van der Waals surface area contributed by atoms with Crippen molar-refractivity contribution < 1.29 is 18.0 Å². The molecule has 6 nitrogen and oxygen atoms in total. The molecule has 1 aromatic heterocycles. The van der Waals surface area contributed by atoms with Crippen LogP contribution in [0.1, 0.15) is 24.4 Å². The van der Waals surface area contributed by atoms with E-state index in [0.717, 1.165) is 23.3 Å². The molecule has 1 N–H and O–H groups in total. The van der Waals surface area contributed by atoms with Gasteiger partial charge in [0.2, 0.25) is 5.82 Å². The first kappa shape index (κ1) is 22.7. The zero-order valence-electron chi connectivity index (χ0n) is 18.8. The number of halogens is 2. The van der Waals surface area contributed by atoms with Crippen molar-refractivity contribution in [2.24, 2.45) is 0 Å². The Balaban J connectivity index is 1.65. The minimum atomic E-state index is -0.970. The third-order valence-corrected chi connectivity index (χ3v) is 6.06. The zero-order valence-corrected chi connectivity index (χ0v) is 19.6. The van der Waals surface area contributed by atoms with E-state index in [1.807, 2.05) is 61.5 Å². The Kier molecular flexibility index (Phi) is 6.00. The van der Waals surface area contributed by atoms with E-state index >= 15 is 0 Å². The molecule has 176 valence electrons. The Labute approximate surface area is 205 Å². The summed E-state index contributed by atoms with van der Waals surface area (Å²) in [5.74, 6) is -0.577. The lowest BCUT2D eigenvalue weighted by atomic mass is 9.94. The average molecular weight is 491 g/mol. The molecule has 1 aliphatic rings. The highest BCUT2D eigenvalue weighted by Gasteiger charge is 2.35. The third kappa shape index (κ3) is 4.26. The number of nitrogens with one attached hydrogen (secondary N) is 1. The van der Waals surface area contributed by atoms with E-state index in [1.165, 1.54) is 6.07 Å². The number of methoxy groups -OCH3 is 1. The van der Waals surface area contributed by atoms with Crippen molar-refractivity contribution in [1.29, 1.82) is 0 Å². The molecule has 0 spiro atoms. The normalized spacial score (nSPS) is 15.8. The van der Waals surface area contributed by atoms with Gasteiger partial charge in [0.25, 0.3) is 5.89 Å². The molecule has 0 radical (unpaired) electrons. The Hall–Kier alpha value is -4.11. The molecule has 0 saturated heterocycles. The van der Waals surface area contributed by atoms with Crippen LogP contribution in [-0.2, 0) is 0 Å². The van der Waals surface area contributed by atoms with E-state index in [4.69, 9.17) is 21.5 Å². The molecular weight excluding hydrogens is 470 g/mol.